The van der Waals surface area contributed by atoms with Gasteiger partial charge in [0, 0.05) is 11.8 Å². The molecule has 4 heteroatoms. The van der Waals surface area contributed by atoms with Gasteiger partial charge in [0.15, 0.2) is 0 Å². The minimum absolute atomic E-state index is 0.201. The molecule has 0 heterocycles. The van der Waals surface area contributed by atoms with Crippen molar-refractivity contribution in [3.05, 3.63) is 36.9 Å². The number of benzene rings is 1. The molecule has 1 rings (SSSR count). The largest absolute Gasteiger partial charge is 0.489 e. The molecule has 0 aliphatic heterocycles. The second-order valence-corrected chi connectivity index (χ2v) is 5.46. The zero-order chi connectivity index (χ0) is 14.5. The van der Waals surface area contributed by atoms with Crippen LogP contribution in [0.4, 0.5) is 5.69 Å². The molecule has 0 unspecified atom stereocenters. The van der Waals surface area contributed by atoms with Gasteiger partial charge in [-0.3, -0.25) is 4.79 Å². The first-order valence-electron chi connectivity index (χ1n) is 6.25. The van der Waals surface area contributed by atoms with Crippen LogP contribution in [0.15, 0.2) is 36.9 Å². The van der Waals surface area contributed by atoms with E-state index in [1.807, 2.05) is 32.9 Å². The number of ether oxygens (including phenoxy) is 1. The van der Waals surface area contributed by atoms with E-state index in [1.54, 1.807) is 18.2 Å². The zero-order valence-electron chi connectivity index (χ0n) is 11.8. The van der Waals surface area contributed by atoms with Crippen molar-refractivity contribution in [1.82, 2.24) is 0 Å². The SMILES string of the molecule is C=CCOc1cccc(NC(=O)[C@@H](N)C(C)(C)C)c1. The van der Waals surface area contributed by atoms with Crippen LogP contribution < -0.4 is 15.8 Å². The minimum atomic E-state index is -0.565. The van der Waals surface area contributed by atoms with Gasteiger partial charge in [-0.25, -0.2) is 0 Å². The highest BCUT2D eigenvalue weighted by Crippen LogP contribution is 2.21. The second-order valence-electron chi connectivity index (χ2n) is 5.46. The number of carbonyl (C=O) groups is 1. The van der Waals surface area contributed by atoms with E-state index in [0.717, 1.165) is 0 Å². The first-order valence-corrected chi connectivity index (χ1v) is 6.25. The van der Waals surface area contributed by atoms with E-state index >= 15 is 0 Å². The topological polar surface area (TPSA) is 64.3 Å². The van der Waals surface area contributed by atoms with Crippen LogP contribution in [0, 0.1) is 5.41 Å². The molecule has 0 fully saturated rings. The summed E-state index contributed by atoms with van der Waals surface area (Å²) in [6.45, 7) is 9.81. The van der Waals surface area contributed by atoms with Crippen molar-refractivity contribution in [2.75, 3.05) is 11.9 Å². The molecule has 1 amide bonds. The maximum absolute atomic E-state index is 12.0. The summed E-state index contributed by atoms with van der Waals surface area (Å²) in [7, 11) is 0. The first-order chi connectivity index (χ1) is 8.84. The summed E-state index contributed by atoms with van der Waals surface area (Å²) in [6, 6.07) is 6.63. The number of hydrogen-bond donors (Lipinski definition) is 2. The molecular weight excluding hydrogens is 240 g/mol. The molecule has 104 valence electrons. The molecule has 0 spiro atoms. The number of nitrogens with one attached hydrogen (secondary N) is 1. The van der Waals surface area contributed by atoms with Crippen LogP contribution in [0.1, 0.15) is 20.8 Å². The van der Waals surface area contributed by atoms with Gasteiger partial charge in [0.2, 0.25) is 5.91 Å². The molecule has 0 saturated heterocycles. The highest BCUT2D eigenvalue weighted by atomic mass is 16.5. The smallest absolute Gasteiger partial charge is 0.241 e. The number of anilines is 1. The summed E-state index contributed by atoms with van der Waals surface area (Å²) in [5, 5.41) is 2.80. The molecule has 0 bridgehead atoms. The average molecular weight is 262 g/mol. The van der Waals surface area contributed by atoms with E-state index < -0.39 is 6.04 Å². The van der Waals surface area contributed by atoms with Gasteiger partial charge in [-0.1, -0.05) is 39.5 Å². The lowest BCUT2D eigenvalue weighted by molar-refractivity contribution is -0.119. The van der Waals surface area contributed by atoms with Crippen LogP contribution in [0.25, 0.3) is 0 Å². The predicted octanol–water partition coefficient (Wildman–Crippen LogP) is 2.56. The summed E-state index contributed by atoms with van der Waals surface area (Å²) in [4.78, 5) is 12.0. The molecule has 0 aliphatic rings. The van der Waals surface area contributed by atoms with Gasteiger partial charge in [-0.2, -0.15) is 0 Å². The number of rotatable bonds is 5. The Morgan fingerprint density at radius 3 is 2.79 bits per heavy atom. The average Bonchev–Trinajstić information content (AvgIpc) is 2.34. The maximum atomic E-state index is 12.0. The Morgan fingerprint density at radius 2 is 2.21 bits per heavy atom. The van der Waals surface area contributed by atoms with Gasteiger partial charge in [0.1, 0.15) is 12.4 Å². The van der Waals surface area contributed by atoms with E-state index in [4.69, 9.17) is 10.5 Å². The van der Waals surface area contributed by atoms with Gasteiger partial charge < -0.3 is 15.8 Å². The lowest BCUT2D eigenvalue weighted by Gasteiger charge is -2.25. The van der Waals surface area contributed by atoms with E-state index in [9.17, 15) is 4.79 Å². The summed E-state index contributed by atoms with van der Waals surface area (Å²) >= 11 is 0. The summed E-state index contributed by atoms with van der Waals surface area (Å²) in [6.07, 6.45) is 1.67. The quantitative estimate of drug-likeness (QED) is 0.802. The van der Waals surface area contributed by atoms with Crippen LogP contribution in [-0.2, 0) is 4.79 Å². The van der Waals surface area contributed by atoms with Gasteiger partial charge >= 0.3 is 0 Å². The Kier molecular flexibility index (Phi) is 5.12. The third-order valence-electron chi connectivity index (χ3n) is 2.68. The summed E-state index contributed by atoms with van der Waals surface area (Å²) in [5.41, 5.74) is 6.30. The lowest BCUT2D eigenvalue weighted by Crippen LogP contribution is -2.45. The van der Waals surface area contributed by atoms with E-state index in [1.165, 1.54) is 0 Å². The van der Waals surface area contributed by atoms with Crippen LogP contribution in [0.3, 0.4) is 0 Å². The number of carbonyl (C=O) groups excluding carboxylic acids is 1. The van der Waals surface area contributed by atoms with E-state index in [0.29, 0.717) is 18.0 Å². The maximum Gasteiger partial charge on any atom is 0.241 e. The Morgan fingerprint density at radius 1 is 1.53 bits per heavy atom. The summed E-state index contributed by atoms with van der Waals surface area (Å²) < 4.78 is 5.40. The molecule has 3 N–H and O–H groups in total. The molecule has 19 heavy (non-hydrogen) atoms. The highest BCUT2D eigenvalue weighted by molar-refractivity contribution is 5.95. The van der Waals surface area contributed by atoms with Gasteiger partial charge in [-0.15, -0.1) is 0 Å². The van der Waals surface area contributed by atoms with Gasteiger partial charge in [-0.05, 0) is 17.5 Å². The molecule has 0 saturated carbocycles. The van der Waals surface area contributed by atoms with Crippen molar-refractivity contribution in [1.29, 1.82) is 0 Å². The Hall–Kier alpha value is -1.81. The fourth-order valence-corrected chi connectivity index (χ4v) is 1.43. The fourth-order valence-electron chi connectivity index (χ4n) is 1.43. The molecular formula is C15H22N2O2. The normalized spacial score (nSPS) is 12.6. The number of nitrogens with two attached hydrogens (primary N) is 1. The molecule has 1 aromatic carbocycles. The monoisotopic (exact) mass is 262 g/mol. The first kappa shape index (κ1) is 15.2. The molecule has 1 aromatic rings. The predicted molar refractivity (Wildman–Crippen MR) is 78.2 cm³/mol. The van der Waals surface area contributed by atoms with Crippen molar-refractivity contribution >= 4 is 11.6 Å². The Labute approximate surface area is 114 Å². The van der Waals surface area contributed by atoms with Gasteiger partial charge in [0.05, 0.1) is 6.04 Å². The second kappa shape index (κ2) is 6.38. The third kappa shape index (κ3) is 4.75. The Bertz CT molecular complexity index is 450. The van der Waals surface area contributed by atoms with Crippen LogP contribution >= 0.6 is 0 Å². The van der Waals surface area contributed by atoms with E-state index in [2.05, 4.69) is 11.9 Å². The van der Waals surface area contributed by atoms with Crippen molar-refractivity contribution < 1.29 is 9.53 Å². The standard InChI is InChI=1S/C15H22N2O2/c1-5-9-19-12-8-6-7-11(10-12)17-14(18)13(16)15(2,3)4/h5-8,10,13H,1,9,16H2,2-4H3,(H,17,18)/t13-/m1/s1. The number of amides is 1. The third-order valence-corrected chi connectivity index (χ3v) is 2.68. The van der Waals surface area contributed by atoms with Crippen molar-refractivity contribution in [2.24, 2.45) is 11.1 Å². The summed E-state index contributed by atoms with van der Waals surface area (Å²) in [5.74, 6) is 0.482. The molecule has 4 nitrogen and oxygen atoms in total. The molecule has 0 aliphatic carbocycles. The van der Waals surface area contributed by atoms with Crippen LogP contribution in [0.2, 0.25) is 0 Å². The zero-order valence-corrected chi connectivity index (χ0v) is 11.8. The number of hydrogen-bond acceptors (Lipinski definition) is 3. The van der Waals surface area contributed by atoms with Gasteiger partial charge in [0.25, 0.3) is 0 Å². The van der Waals surface area contributed by atoms with Crippen molar-refractivity contribution in [3.8, 4) is 5.75 Å². The highest BCUT2D eigenvalue weighted by Gasteiger charge is 2.27. The van der Waals surface area contributed by atoms with Crippen LogP contribution in [0.5, 0.6) is 5.75 Å². The van der Waals surface area contributed by atoms with Crippen LogP contribution in [-0.4, -0.2) is 18.6 Å². The van der Waals surface area contributed by atoms with E-state index in [-0.39, 0.29) is 11.3 Å². The fraction of sp³-hybridized carbons (Fsp3) is 0.400. The Balaban J connectivity index is 2.71. The minimum Gasteiger partial charge on any atom is -0.489 e. The van der Waals surface area contributed by atoms with Crippen molar-refractivity contribution in [2.45, 2.75) is 26.8 Å². The lowest BCUT2D eigenvalue weighted by atomic mass is 9.87. The molecule has 0 radical (unpaired) electrons. The van der Waals surface area contributed by atoms with Crippen molar-refractivity contribution in [3.63, 3.8) is 0 Å². The molecule has 1 atom stereocenters. The molecule has 0 aromatic heterocycles.